The molecule has 2 rings (SSSR count). The summed E-state index contributed by atoms with van der Waals surface area (Å²) in [7, 11) is -5.95. The molecule has 1 atom stereocenters. The topological polar surface area (TPSA) is 69.7 Å². The second kappa shape index (κ2) is 8.33. The van der Waals surface area contributed by atoms with Crippen molar-refractivity contribution >= 4 is 16.1 Å². The molecule has 0 radical (unpaired) electrons. The standard InChI is InChI=1S/C17H15F3O5S/c18-17(19,20)26(22,23)25-15(11-13-7-3-1-4-8-13)16(21)24-12-14-9-5-2-6-10-14/h1-10,15H,11-12H2/t15-/m1/s1. The van der Waals surface area contributed by atoms with Crippen molar-refractivity contribution in [3.63, 3.8) is 0 Å². The number of carbonyl (C=O) groups excluding carboxylic acids is 1. The highest BCUT2D eigenvalue weighted by Gasteiger charge is 2.49. The van der Waals surface area contributed by atoms with Crippen molar-refractivity contribution in [3.05, 3.63) is 71.8 Å². The molecule has 0 unspecified atom stereocenters. The van der Waals surface area contributed by atoms with E-state index in [0.29, 0.717) is 11.1 Å². The zero-order valence-electron chi connectivity index (χ0n) is 13.3. The van der Waals surface area contributed by atoms with E-state index in [9.17, 15) is 26.4 Å². The summed E-state index contributed by atoms with van der Waals surface area (Å²) in [6, 6.07) is 16.3. The van der Waals surface area contributed by atoms with Crippen molar-refractivity contribution in [2.45, 2.75) is 24.6 Å². The molecule has 0 saturated heterocycles. The van der Waals surface area contributed by atoms with Gasteiger partial charge in [0.05, 0.1) is 0 Å². The maximum Gasteiger partial charge on any atom is 0.523 e. The van der Waals surface area contributed by atoms with Crippen LogP contribution in [-0.2, 0) is 36.9 Å². The van der Waals surface area contributed by atoms with E-state index >= 15 is 0 Å². The molecule has 0 aliphatic rings. The molecule has 2 aromatic carbocycles. The summed E-state index contributed by atoms with van der Waals surface area (Å²) in [5.74, 6) is -1.20. The maximum atomic E-state index is 12.6. The van der Waals surface area contributed by atoms with Crippen LogP contribution in [0.25, 0.3) is 0 Å². The Balaban J connectivity index is 2.15. The van der Waals surface area contributed by atoms with Crippen molar-refractivity contribution in [2.24, 2.45) is 0 Å². The average molecular weight is 388 g/mol. The minimum atomic E-state index is -5.95. The van der Waals surface area contributed by atoms with Gasteiger partial charge >= 0.3 is 21.6 Å². The summed E-state index contributed by atoms with van der Waals surface area (Å²) in [5, 5.41) is 0. The molecule has 0 aliphatic carbocycles. The van der Waals surface area contributed by atoms with E-state index in [4.69, 9.17) is 4.74 Å². The van der Waals surface area contributed by atoms with E-state index < -0.39 is 27.7 Å². The summed E-state index contributed by atoms with van der Waals surface area (Å²) in [6.07, 6.45) is -2.34. The third-order valence-corrected chi connectivity index (χ3v) is 4.33. The number of hydrogen-bond donors (Lipinski definition) is 0. The van der Waals surface area contributed by atoms with Gasteiger partial charge in [-0.05, 0) is 11.1 Å². The van der Waals surface area contributed by atoms with Gasteiger partial charge < -0.3 is 4.74 Å². The number of hydrogen-bond acceptors (Lipinski definition) is 5. The highest BCUT2D eigenvalue weighted by molar-refractivity contribution is 7.87. The van der Waals surface area contributed by atoms with Gasteiger partial charge in [-0.1, -0.05) is 60.7 Å². The van der Waals surface area contributed by atoms with Crippen molar-refractivity contribution in [3.8, 4) is 0 Å². The van der Waals surface area contributed by atoms with Crippen LogP contribution < -0.4 is 0 Å². The first kappa shape index (κ1) is 19.9. The molecule has 0 amide bonds. The van der Waals surface area contributed by atoms with Crippen LogP contribution in [-0.4, -0.2) is 26.0 Å². The fraction of sp³-hybridized carbons (Fsp3) is 0.235. The van der Waals surface area contributed by atoms with Gasteiger partial charge in [0.1, 0.15) is 6.61 Å². The Kier molecular flexibility index (Phi) is 6.38. The van der Waals surface area contributed by atoms with Crippen molar-refractivity contribution in [1.82, 2.24) is 0 Å². The number of rotatable bonds is 7. The molecule has 0 spiro atoms. The largest absolute Gasteiger partial charge is 0.523 e. The van der Waals surface area contributed by atoms with Crippen molar-refractivity contribution < 1.29 is 35.3 Å². The minimum Gasteiger partial charge on any atom is -0.459 e. The summed E-state index contributed by atoms with van der Waals surface area (Å²) in [4.78, 5) is 12.1. The van der Waals surface area contributed by atoms with Gasteiger partial charge in [-0.25, -0.2) is 8.98 Å². The molecule has 0 heterocycles. The van der Waals surface area contributed by atoms with Crippen molar-refractivity contribution in [1.29, 1.82) is 0 Å². The summed E-state index contributed by atoms with van der Waals surface area (Å²) in [6.45, 7) is -0.222. The molecule has 140 valence electrons. The van der Waals surface area contributed by atoms with E-state index in [1.165, 1.54) is 12.1 Å². The first-order chi connectivity index (χ1) is 12.2. The lowest BCUT2D eigenvalue weighted by atomic mass is 10.1. The molecule has 9 heteroatoms. The summed E-state index contributed by atoms with van der Waals surface area (Å²) >= 11 is 0. The zero-order chi connectivity index (χ0) is 19.2. The van der Waals surface area contributed by atoms with Gasteiger partial charge in [0.2, 0.25) is 0 Å². The lowest BCUT2D eigenvalue weighted by Crippen LogP contribution is -2.36. The molecule has 2 aromatic rings. The second-order valence-corrected chi connectivity index (χ2v) is 6.83. The molecule has 0 bridgehead atoms. The maximum absolute atomic E-state index is 12.6. The number of halogens is 3. The van der Waals surface area contributed by atoms with Crippen LogP contribution in [0, 0.1) is 0 Å². The number of ether oxygens (including phenoxy) is 1. The Morgan fingerprint density at radius 3 is 1.92 bits per heavy atom. The zero-order valence-corrected chi connectivity index (χ0v) is 14.2. The third-order valence-electron chi connectivity index (χ3n) is 3.28. The number of esters is 1. The SMILES string of the molecule is O=C(OCc1ccccc1)[C@@H](Cc1ccccc1)OS(=O)(=O)C(F)(F)F. The Hall–Kier alpha value is -2.39. The van der Waals surface area contributed by atoms with Crippen LogP contribution >= 0.6 is 0 Å². The van der Waals surface area contributed by atoms with E-state index in [1.54, 1.807) is 48.5 Å². The van der Waals surface area contributed by atoms with Crippen LogP contribution in [0.2, 0.25) is 0 Å². The minimum absolute atomic E-state index is 0.222. The quantitative estimate of drug-likeness (QED) is 0.414. The van der Waals surface area contributed by atoms with Gasteiger partial charge in [-0.2, -0.15) is 21.6 Å². The smallest absolute Gasteiger partial charge is 0.459 e. The molecule has 5 nitrogen and oxygen atoms in total. The van der Waals surface area contributed by atoms with E-state index in [1.807, 2.05) is 0 Å². The first-order valence-corrected chi connectivity index (χ1v) is 8.84. The molecular weight excluding hydrogens is 373 g/mol. The van der Waals surface area contributed by atoms with Gasteiger partial charge in [-0.15, -0.1) is 0 Å². The summed E-state index contributed by atoms with van der Waals surface area (Å²) < 4.78 is 69.4. The van der Waals surface area contributed by atoms with Crippen LogP contribution in [0.15, 0.2) is 60.7 Å². The molecule has 0 fully saturated rings. The molecule has 0 N–H and O–H groups in total. The van der Waals surface area contributed by atoms with Gasteiger partial charge in [0, 0.05) is 6.42 Å². The Morgan fingerprint density at radius 2 is 1.42 bits per heavy atom. The van der Waals surface area contributed by atoms with Crippen LogP contribution in [0.5, 0.6) is 0 Å². The second-order valence-electron chi connectivity index (χ2n) is 5.27. The van der Waals surface area contributed by atoms with Crippen LogP contribution in [0.3, 0.4) is 0 Å². The number of carbonyl (C=O) groups is 1. The normalized spacial score (nSPS) is 13.2. The van der Waals surface area contributed by atoms with Crippen LogP contribution in [0.4, 0.5) is 13.2 Å². The van der Waals surface area contributed by atoms with Gasteiger partial charge in [0.25, 0.3) is 0 Å². The van der Waals surface area contributed by atoms with Gasteiger partial charge in [-0.3, -0.25) is 0 Å². The van der Waals surface area contributed by atoms with Gasteiger partial charge in [0.15, 0.2) is 6.10 Å². The number of benzene rings is 2. The molecular formula is C17H15F3O5S. The highest BCUT2D eigenvalue weighted by atomic mass is 32.2. The van der Waals surface area contributed by atoms with E-state index in [-0.39, 0.29) is 13.0 Å². The van der Waals surface area contributed by atoms with Crippen molar-refractivity contribution in [2.75, 3.05) is 0 Å². The molecule has 0 aromatic heterocycles. The lowest BCUT2D eigenvalue weighted by Gasteiger charge is -2.17. The third kappa shape index (κ3) is 5.57. The number of alkyl halides is 3. The Bertz CT molecular complexity index is 820. The van der Waals surface area contributed by atoms with Crippen LogP contribution in [0.1, 0.15) is 11.1 Å². The monoisotopic (exact) mass is 388 g/mol. The fourth-order valence-corrected chi connectivity index (χ4v) is 2.58. The average Bonchev–Trinajstić information content (AvgIpc) is 2.60. The molecule has 26 heavy (non-hydrogen) atoms. The fourth-order valence-electron chi connectivity index (χ4n) is 2.01. The van der Waals surface area contributed by atoms with E-state index in [2.05, 4.69) is 4.18 Å². The van der Waals surface area contributed by atoms with E-state index in [0.717, 1.165) is 0 Å². The Labute approximate surface area is 148 Å². The predicted octanol–water partition coefficient (Wildman–Crippen LogP) is 3.21. The molecule has 0 aliphatic heterocycles. The predicted molar refractivity (Wildman–Crippen MR) is 86.2 cm³/mol. The lowest BCUT2D eigenvalue weighted by molar-refractivity contribution is -0.153. The first-order valence-electron chi connectivity index (χ1n) is 7.43. The Morgan fingerprint density at radius 1 is 0.923 bits per heavy atom. The highest BCUT2D eigenvalue weighted by Crippen LogP contribution is 2.27. The summed E-state index contributed by atoms with van der Waals surface area (Å²) in [5.41, 5.74) is -4.62. The molecule has 0 saturated carbocycles.